The molecule has 3 fully saturated rings. The number of anilines is 1. The van der Waals surface area contributed by atoms with Crippen LogP contribution in [0.5, 0.6) is 5.75 Å². The van der Waals surface area contributed by atoms with Gasteiger partial charge < -0.3 is 14.5 Å². The lowest BCUT2D eigenvalue weighted by molar-refractivity contribution is -0.141. The second kappa shape index (κ2) is 15.5. The third-order valence-electron chi connectivity index (χ3n) is 12.6. The number of ether oxygens (including phenoxy) is 1. The molecule has 2 saturated heterocycles. The van der Waals surface area contributed by atoms with Gasteiger partial charge in [0.15, 0.2) is 0 Å². The summed E-state index contributed by atoms with van der Waals surface area (Å²) in [6.45, 7) is 2.72. The predicted octanol–water partition coefficient (Wildman–Crippen LogP) is 5.67. The Morgan fingerprint density at radius 3 is 2.42 bits per heavy atom. The number of para-hydroxylation sites is 1. The van der Waals surface area contributed by atoms with Gasteiger partial charge >= 0.3 is 11.9 Å². The fraction of sp³-hybridized carbons (Fsp3) is 0.452. The lowest BCUT2D eigenvalue weighted by Gasteiger charge is -2.40. The van der Waals surface area contributed by atoms with E-state index in [2.05, 4.69) is 48.2 Å². The van der Waals surface area contributed by atoms with Crippen LogP contribution in [0.2, 0.25) is 0 Å². The van der Waals surface area contributed by atoms with Crippen molar-refractivity contribution < 1.29 is 27.5 Å². The molecule has 1 saturated carbocycles. The number of alkyl halides is 3. The number of carbonyl (C=O) groups excluding carboxylic acids is 2. The minimum absolute atomic E-state index is 0.0672. The first-order valence-corrected chi connectivity index (χ1v) is 20.4. The molecule has 0 bridgehead atoms. The second-order valence-corrected chi connectivity index (χ2v) is 16.3. The van der Waals surface area contributed by atoms with Crippen molar-refractivity contribution in [3.63, 3.8) is 0 Å². The van der Waals surface area contributed by atoms with E-state index < -0.39 is 23.8 Å². The average molecular weight is 826 g/mol. The van der Waals surface area contributed by atoms with Crippen molar-refractivity contribution >= 4 is 39.4 Å². The van der Waals surface area contributed by atoms with Gasteiger partial charge in [-0.05, 0) is 88.2 Å². The second-order valence-electron chi connectivity index (χ2n) is 16.3. The summed E-state index contributed by atoms with van der Waals surface area (Å²) < 4.78 is 52.2. The Morgan fingerprint density at radius 2 is 1.68 bits per heavy atom. The number of hydrogen-bond acceptors (Lipinski definition) is 10. The number of benzene rings is 2. The highest BCUT2D eigenvalue weighted by atomic mass is 19.4. The van der Waals surface area contributed by atoms with Crippen LogP contribution in [0.3, 0.4) is 0 Å². The van der Waals surface area contributed by atoms with Crippen LogP contribution in [0.1, 0.15) is 69.1 Å². The minimum Gasteiger partial charge on any atom is -0.494 e. The Hall–Kier alpha value is -6.04. The van der Waals surface area contributed by atoms with Crippen molar-refractivity contribution in [2.45, 2.75) is 75.7 Å². The van der Waals surface area contributed by atoms with Crippen LogP contribution in [-0.4, -0.2) is 95.4 Å². The molecular formula is C42H46F3N11O4. The zero-order valence-electron chi connectivity index (χ0n) is 33.6. The summed E-state index contributed by atoms with van der Waals surface area (Å²) in [4.78, 5) is 46.6. The number of pyridine rings is 1. The molecule has 2 aliphatic heterocycles. The molecule has 2 amide bonds. The van der Waals surface area contributed by atoms with E-state index in [4.69, 9.17) is 9.84 Å². The van der Waals surface area contributed by atoms with Crippen molar-refractivity contribution in [1.82, 2.24) is 49.1 Å². The minimum atomic E-state index is -4.57. The number of amides is 2. The van der Waals surface area contributed by atoms with E-state index in [1.165, 1.54) is 23.0 Å². The van der Waals surface area contributed by atoms with Gasteiger partial charge in [0.1, 0.15) is 28.9 Å². The summed E-state index contributed by atoms with van der Waals surface area (Å²) in [5.41, 5.74) is 2.86. The van der Waals surface area contributed by atoms with Crippen molar-refractivity contribution in [2.75, 3.05) is 38.7 Å². The van der Waals surface area contributed by atoms with Gasteiger partial charge in [-0.1, -0.05) is 17.3 Å². The van der Waals surface area contributed by atoms with Gasteiger partial charge in [-0.3, -0.25) is 28.7 Å². The highest BCUT2D eigenvalue weighted by Crippen LogP contribution is 2.37. The highest BCUT2D eigenvalue weighted by Gasteiger charge is 2.34. The number of carbonyl (C=O) groups is 2. The molecule has 0 radical (unpaired) electrons. The van der Waals surface area contributed by atoms with Crippen molar-refractivity contribution in [2.24, 2.45) is 13.0 Å². The van der Waals surface area contributed by atoms with E-state index in [1.54, 1.807) is 23.3 Å². The first-order chi connectivity index (χ1) is 28.9. The zero-order chi connectivity index (χ0) is 41.9. The summed E-state index contributed by atoms with van der Waals surface area (Å²) in [7, 11) is 5.53. The molecule has 1 N–H and O–H groups in total. The third kappa shape index (κ3) is 7.30. The number of hydrogen-bond donors (Lipinski definition) is 1. The van der Waals surface area contributed by atoms with E-state index in [-0.39, 0.29) is 35.4 Å². The number of imidazole rings is 1. The topological polar surface area (TPSA) is 150 Å². The summed E-state index contributed by atoms with van der Waals surface area (Å²) >= 11 is 0. The molecular weight excluding hydrogens is 780 g/mol. The third-order valence-corrected chi connectivity index (χ3v) is 12.6. The molecule has 2 aromatic carbocycles. The Morgan fingerprint density at radius 1 is 0.917 bits per heavy atom. The van der Waals surface area contributed by atoms with Crippen molar-refractivity contribution in [1.29, 1.82) is 0 Å². The molecule has 9 rings (SSSR count). The van der Waals surface area contributed by atoms with Gasteiger partial charge in [0, 0.05) is 56.8 Å². The summed E-state index contributed by atoms with van der Waals surface area (Å²) in [6.07, 6.45) is 5.68. The molecule has 1 unspecified atom stereocenters. The molecule has 6 heterocycles. The Bertz CT molecular complexity index is 2650. The summed E-state index contributed by atoms with van der Waals surface area (Å²) in [5.74, 6) is 0.335. The first kappa shape index (κ1) is 39.4. The van der Waals surface area contributed by atoms with E-state index in [1.807, 2.05) is 30.5 Å². The van der Waals surface area contributed by atoms with Gasteiger partial charge in [-0.2, -0.15) is 18.3 Å². The number of piperidine rings is 2. The van der Waals surface area contributed by atoms with Gasteiger partial charge in [-0.15, -0.1) is 5.10 Å². The van der Waals surface area contributed by atoms with Crippen LogP contribution in [0, 0.1) is 5.92 Å². The van der Waals surface area contributed by atoms with Crippen LogP contribution >= 0.6 is 0 Å². The largest absolute Gasteiger partial charge is 0.494 e. The molecule has 1 atom stereocenters. The molecule has 15 nitrogen and oxygen atoms in total. The van der Waals surface area contributed by atoms with Crippen LogP contribution in [0.25, 0.3) is 39.0 Å². The quantitative estimate of drug-likeness (QED) is 0.181. The molecule has 314 valence electrons. The fourth-order valence-electron chi connectivity index (χ4n) is 9.42. The molecule has 3 aliphatic rings. The maximum absolute atomic E-state index is 13.5. The molecule has 18 heteroatoms. The maximum atomic E-state index is 13.5. The SMILES string of the molecule is COc1cc2nn(C3CCC(CN(C)C4CCN(c5cccc6c5n(C)c(=O)n6C5CCC(=O)NC5=O)CC4)CC3)cc2cc1-n1cc(-c2cccc(C(F)(F)F)n2)nn1. The van der Waals surface area contributed by atoms with E-state index in [0.29, 0.717) is 35.3 Å². The molecule has 1 aliphatic carbocycles. The normalized spacial score (nSPS) is 20.7. The number of imide groups is 1. The lowest BCUT2D eigenvalue weighted by atomic mass is 9.85. The van der Waals surface area contributed by atoms with Gasteiger partial charge in [-0.25, -0.2) is 14.5 Å². The molecule has 4 aromatic heterocycles. The Balaban J connectivity index is 0.816. The standard InChI is InChI=1S/C42H46F3N11O4/c1-51(27-16-18-53(19-17-27)32-7-5-8-33-39(32)52(2)41(59)56(33)34-14-15-38(57)47-40(34)58)22-25-10-12-28(13-11-25)54-23-26-20-35(36(60-3)21-30(26)49-54)55-24-31(48-50-55)29-6-4-9-37(46-29)42(43,44)45/h4-9,20-21,23-25,27-28,34H,10-19,22H2,1-3H3,(H,47,57,58). The molecule has 0 spiro atoms. The van der Waals surface area contributed by atoms with Crippen LogP contribution in [0.15, 0.2) is 65.7 Å². The monoisotopic (exact) mass is 825 g/mol. The molecule has 6 aromatic rings. The number of halogens is 3. The smallest absolute Gasteiger partial charge is 0.433 e. The number of rotatable bonds is 9. The summed E-state index contributed by atoms with van der Waals surface area (Å²) in [5, 5.41) is 16.5. The van der Waals surface area contributed by atoms with Crippen LogP contribution < -0.4 is 20.6 Å². The van der Waals surface area contributed by atoms with E-state index in [9.17, 15) is 27.6 Å². The maximum Gasteiger partial charge on any atom is 0.433 e. The number of nitrogens with one attached hydrogen (secondary N) is 1. The number of fused-ring (bicyclic) bond motifs is 2. The van der Waals surface area contributed by atoms with Gasteiger partial charge in [0.25, 0.3) is 0 Å². The zero-order valence-corrected chi connectivity index (χ0v) is 33.6. The van der Waals surface area contributed by atoms with Gasteiger partial charge in [0.05, 0.1) is 47.3 Å². The van der Waals surface area contributed by atoms with Crippen molar-refractivity contribution in [3.05, 3.63) is 77.1 Å². The lowest BCUT2D eigenvalue weighted by Crippen LogP contribution is -2.45. The first-order valence-electron chi connectivity index (χ1n) is 20.4. The number of methoxy groups -OCH3 is 1. The van der Waals surface area contributed by atoms with E-state index >= 15 is 0 Å². The van der Waals surface area contributed by atoms with Crippen LogP contribution in [0.4, 0.5) is 18.9 Å². The van der Waals surface area contributed by atoms with Crippen LogP contribution in [-0.2, 0) is 22.8 Å². The van der Waals surface area contributed by atoms with E-state index in [0.717, 1.165) is 86.3 Å². The van der Waals surface area contributed by atoms with Gasteiger partial charge in [0.2, 0.25) is 11.8 Å². The predicted molar refractivity (Wildman–Crippen MR) is 217 cm³/mol. The fourth-order valence-corrected chi connectivity index (χ4v) is 9.42. The Labute approximate surface area is 342 Å². The average Bonchev–Trinajstić information content (AvgIpc) is 3.97. The summed E-state index contributed by atoms with van der Waals surface area (Å²) in [6, 6.07) is 13.3. The highest BCUT2D eigenvalue weighted by molar-refractivity contribution is 6.00. The number of aromatic nitrogens is 8. The molecule has 60 heavy (non-hydrogen) atoms. The Kier molecular flexibility index (Phi) is 10.2. The number of nitrogens with zero attached hydrogens (tertiary/aromatic N) is 10. The van der Waals surface area contributed by atoms with Crippen molar-refractivity contribution in [3.8, 4) is 22.8 Å². The number of aryl methyl sites for hydroxylation is 1.